The maximum absolute atomic E-state index is 13.5. The fourth-order valence-electron chi connectivity index (χ4n) is 1.43. The number of hydrogen-bond donors (Lipinski definition) is 0. The largest absolute Gasteiger partial charge is 0.296 e. The number of aldehydes is 1. The molecule has 2 nitrogen and oxygen atoms in total. The van der Waals surface area contributed by atoms with E-state index >= 15 is 0 Å². The van der Waals surface area contributed by atoms with Gasteiger partial charge < -0.3 is 0 Å². The van der Waals surface area contributed by atoms with Crippen LogP contribution in [0.1, 0.15) is 10.5 Å². The molecule has 0 aliphatic heterocycles. The fourth-order valence-corrected chi connectivity index (χ4v) is 2.08. The van der Waals surface area contributed by atoms with Gasteiger partial charge in [-0.05, 0) is 18.2 Å². The third kappa shape index (κ3) is 2.48. The predicted molar refractivity (Wildman–Crippen MR) is 70.0 cm³/mol. The van der Waals surface area contributed by atoms with E-state index < -0.39 is 5.82 Å². The second-order valence-corrected chi connectivity index (χ2v) is 4.68. The third-order valence-corrected chi connectivity index (χ3v) is 3.34. The Hall–Kier alpha value is -1.16. The molecule has 1 aromatic heterocycles. The molecule has 1 aromatic carbocycles. The Kier molecular flexibility index (Phi) is 3.85. The van der Waals surface area contributed by atoms with Crippen molar-refractivity contribution in [3.8, 4) is 11.1 Å². The highest BCUT2D eigenvalue weighted by atomic mass is 35.5. The third-order valence-electron chi connectivity index (χ3n) is 2.30. The molecule has 1 heterocycles. The van der Waals surface area contributed by atoms with E-state index in [1.54, 1.807) is 0 Å². The first-order chi connectivity index (χ1) is 8.52. The van der Waals surface area contributed by atoms with Gasteiger partial charge in [-0.2, -0.15) is 0 Å². The number of halogens is 4. The second kappa shape index (κ2) is 5.22. The monoisotopic (exact) mass is 303 g/mol. The molecule has 2 rings (SSSR count). The highest BCUT2D eigenvalue weighted by Gasteiger charge is 2.11. The van der Waals surface area contributed by atoms with Crippen molar-refractivity contribution < 1.29 is 9.18 Å². The number of rotatable bonds is 2. The second-order valence-electron chi connectivity index (χ2n) is 3.46. The number of benzene rings is 1. The minimum absolute atomic E-state index is 0.255. The molecule has 0 spiro atoms. The molecule has 0 amide bonds. The highest BCUT2D eigenvalue weighted by Crippen LogP contribution is 2.35. The lowest BCUT2D eigenvalue weighted by molar-refractivity contribution is 0.111. The van der Waals surface area contributed by atoms with Crippen LogP contribution in [0, 0.1) is 5.82 Å². The average Bonchev–Trinajstić information content (AvgIpc) is 2.33. The zero-order valence-corrected chi connectivity index (χ0v) is 11.0. The van der Waals surface area contributed by atoms with E-state index in [2.05, 4.69) is 4.98 Å². The van der Waals surface area contributed by atoms with Crippen LogP contribution in [0.5, 0.6) is 0 Å². The van der Waals surface area contributed by atoms with E-state index in [0.29, 0.717) is 32.5 Å². The maximum atomic E-state index is 13.5. The van der Waals surface area contributed by atoms with Gasteiger partial charge in [0.1, 0.15) is 5.69 Å². The van der Waals surface area contributed by atoms with Crippen molar-refractivity contribution in [3.63, 3.8) is 0 Å². The Labute approximate surface area is 117 Å². The zero-order valence-electron chi connectivity index (χ0n) is 8.75. The van der Waals surface area contributed by atoms with Crippen LogP contribution < -0.4 is 0 Å². The Morgan fingerprint density at radius 1 is 1.06 bits per heavy atom. The fraction of sp³-hybridized carbons (Fsp3) is 0. The molecule has 0 aliphatic rings. The maximum Gasteiger partial charge on any atom is 0.171 e. The Bertz CT molecular complexity index is 631. The standard InChI is InChI=1S/C12H5Cl3FNO/c13-8-3-10(15)9(14)2-7(8)6-1-11(16)12(5-18)17-4-6/h1-5H. The van der Waals surface area contributed by atoms with E-state index in [-0.39, 0.29) is 5.69 Å². The number of carbonyl (C=O) groups excluding carboxylic acids is 1. The Morgan fingerprint density at radius 2 is 1.72 bits per heavy atom. The van der Waals surface area contributed by atoms with Crippen LogP contribution in [0.4, 0.5) is 4.39 Å². The van der Waals surface area contributed by atoms with Crippen LogP contribution in [-0.4, -0.2) is 11.3 Å². The normalized spacial score (nSPS) is 10.4. The minimum Gasteiger partial charge on any atom is -0.296 e. The molecular formula is C12H5Cl3FNO. The Morgan fingerprint density at radius 3 is 2.33 bits per heavy atom. The summed E-state index contributed by atoms with van der Waals surface area (Å²) in [5.74, 6) is -0.718. The van der Waals surface area contributed by atoms with Gasteiger partial charge >= 0.3 is 0 Å². The summed E-state index contributed by atoms with van der Waals surface area (Å²) >= 11 is 17.7. The van der Waals surface area contributed by atoms with Gasteiger partial charge in [0, 0.05) is 17.3 Å². The van der Waals surface area contributed by atoms with Crippen molar-refractivity contribution in [2.24, 2.45) is 0 Å². The van der Waals surface area contributed by atoms with Gasteiger partial charge in [-0.25, -0.2) is 9.37 Å². The summed E-state index contributed by atoms with van der Waals surface area (Å²) in [6, 6.07) is 4.15. The summed E-state index contributed by atoms with van der Waals surface area (Å²) in [5.41, 5.74) is 0.659. The Balaban J connectivity index is 2.58. The number of pyridine rings is 1. The molecule has 0 atom stereocenters. The van der Waals surface area contributed by atoms with Crippen molar-refractivity contribution in [2.75, 3.05) is 0 Å². The summed E-state index contributed by atoms with van der Waals surface area (Å²) in [6.07, 6.45) is 1.69. The summed E-state index contributed by atoms with van der Waals surface area (Å²) in [6.45, 7) is 0. The molecule has 18 heavy (non-hydrogen) atoms. The number of nitrogens with zero attached hydrogens (tertiary/aromatic N) is 1. The number of carbonyl (C=O) groups is 1. The van der Waals surface area contributed by atoms with Gasteiger partial charge in [-0.1, -0.05) is 34.8 Å². The van der Waals surface area contributed by atoms with E-state index in [9.17, 15) is 9.18 Å². The first-order valence-corrected chi connectivity index (χ1v) is 5.92. The molecule has 0 N–H and O–H groups in total. The van der Waals surface area contributed by atoms with E-state index in [1.165, 1.54) is 24.4 Å². The summed E-state index contributed by atoms with van der Waals surface area (Å²) in [7, 11) is 0. The minimum atomic E-state index is -0.718. The summed E-state index contributed by atoms with van der Waals surface area (Å²) < 4.78 is 13.5. The lowest BCUT2D eigenvalue weighted by Crippen LogP contribution is -1.93. The molecule has 0 saturated carbocycles. The smallest absolute Gasteiger partial charge is 0.171 e. The van der Waals surface area contributed by atoms with Crippen molar-refractivity contribution in [2.45, 2.75) is 0 Å². The molecular weight excluding hydrogens is 299 g/mol. The van der Waals surface area contributed by atoms with Crippen LogP contribution in [0.3, 0.4) is 0 Å². The van der Waals surface area contributed by atoms with Crippen molar-refractivity contribution in [3.05, 3.63) is 51.0 Å². The van der Waals surface area contributed by atoms with Gasteiger partial charge in [0.15, 0.2) is 12.1 Å². The van der Waals surface area contributed by atoms with Crippen molar-refractivity contribution in [1.29, 1.82) is 0 Å². The summed E-state index contributed by atoms with van der Waals surface area (Å²) in [4.78, 5) is 14.2. The first kappa shape index (κ1) is 13.3. The number of aromatic nitrogens is 1. The number of hydrogen-bond acceptors (Lipinski definition) is 2. The molecule has 92 valence electrons. The molecule has 2 aromatic rings. The highest BCUT2D eigenvalue weighted by molar-refractivity contribution is 6.44. The van der Waals surface area contributed by atoms with Crippen LogP contribution in [0.2, 0.25) is 15.1 Å². The molecule has 0 unspecified atom stereocenters. The quantitative estimate of drug-likeness (QED) is 0.596. The van der Waals surface area contributed by atoms with Crippen molar-refractivity contribution >= 4 is 41.1 Å². The molecule has 0 radical (unpaired) electrons. The lowest BCUT2D eigenvalue weighted by atomic mass is 10.1. The van der Waals surface area contributed by atoms with Crippen LogP contribution in [0.15, 0.2) is 24.4 Å². The summed E-state index contributed by atoms with van der Waals surface area (Å²) in [5, 5.41) is 0.934. The van der Waals surface area contributed by atoms with E-state index in [4.69, 9.17) is 34.8 Å². The van der Waals surface area contributed by atoms with Gasteiger partial charge in [-0.15, -0.1) is 0 Å². The molecule has 0 aliphatic carbocycles. The van der Waals surface area contributed by atoms with Crippen molar-refractivity contribution in [1.82, 2.24) is 4.98 Å². The zero-order chi connectivity index (χ0) is 13.3. The first-order valence-electron chi connectivity index (χ1n) is 4.78. The van der Waals surface area contributed by atoms with Crippen LogP contribution in [-0.2, 0) is 0 Å². The van der Waals surface area contributed by atoms with E-state index in [1.807, 2.05) is 0 Å². The van der Waals surface area contributed by atoms with Gasteiger partial charge in [0.25, 0.3) is 0 Å². The molecule has 6 heteroatoms. The molecule has 0 bridgehead atoms. The van der Waals surface area contributed by atoms with Gasteiger partial charge in [0.2, 0.25) is 0 Å². The van der Waals surface area contributed by atoms with Gasteiger partial charge in [-0.3, -0.25) is 4.79 Å². The van der Waals surface area contributed by atoms with Gasteiger partial charge in [0.05, 0.1) is 15.1 Å². The average molecular weight is 305 g/mol. The van der Waals surface area contributed by atoms with Crippen LogP contribution in [0.25, 0.3) is 11.1 Å². The van der Waals surface area contributed by atoms with Crippen LogP contribution >= 0.6 is 34.8 Å². The molecule has 0 fully saturated rings. The lowest BCUT2D eigenvalue weighted by Gasteiger charge is -2.07. The molecule has 0 saturated heterocycles. The topological polar surface area (TPSA) is 30.0 Å². The SMILES string of the molecule is O=Cc1ncc(-c2cc(Cl)c(Cl)cc2Cl)cc1F. The van der Waals surface area contributed by atoms with E-state index in [0.717, 1.165) is 0 Å². The predicted octanol–water partition coefficient (Wildman–Crippen LogP) is 4.66.